The Morgan fingerprint density at radius 1 is 0.893 bits per heavy atom. The molecule has 1 amide bonds. The van der Waals surface area contributed by atoms with Crippen LogP contribution in [-0.2, 0) is 17.9 Å². The molecule has 144 valence electrons. The Balaban J connectivity index is 1.41. The first-order valence-electron chi connectivity index (χ1n) is 9.12. The predicted octanol–water partition coefficient (Wildman–Crippen LogP) is 4.96. The molecule has 0 radical (unpaired) electrons. The maximum atomic E-state index is 12.1. The van der Waals surface area contributed by atoms with E-state index in [-0.39, 0.29) is 12.5 Å². The van der Waals surface area contributed by atoms with E-state index in [0.29, 0.717) is 18.2 Å². The number of amides is 1. The molecule has 0 spiro atoms. The fraction of sp³-hybridized carbons (Fsp3) is 0.174. The number of halogens is 1. The zero-order valence-electron chi connectivity index (χ0n) is 15.7. The standard InChI is InChI=1S/C23H23ClN2O2/c1-17-2-4-18(5-3-17)14-25-15-23(27)26-21-10-12-22(13-11-21)28-16-19-6-8-20(24)9-7-19/h2-13,25H,14-16H2,1H3,(H,26,27). The van der Waals surface area contributed by atoms with Crippen molar-refractivity contribution in [2.45, 2.75) is 20.1 Å². The summed E-state index contributed by atoms with van der Waals surface area (Å²) in [5.41, 5.74) is 4.16. The molecule has 0 aliphatic heterocycles. The van der Waals surface area contributed by atoms with Gasteiger partial charge in [0, 0.05) is 17.3 Å². The first-order chi connectivity index (χ1) is 13.6. The van der Waals surface area contributed by atoms with Crippen molar-refractivity contribution in [1.29, 1.82) is 0 Å². The lowest BCUT2D eigenvalue weighted by Gasteiger charge is -2.09. The number of hydrogen-bond acceptors (Lipinski definition) is 3. The minimum atomic E-state index is -0.0815. The number of carbonyl (C=O) groups is 1. The van der Waals surface area contributed by atoms with Crippen LogP contribution in [0.1, 0.15) is 16.7 Å². The van der Waals surface area contributed by atoms with E-state index >= 15 is 0 Å². The fourth-order valence-corrected chi connectivity index (χ4v) is 2.74. The molecule has 0 atom stereocenters. The van der Waals surface area contributed by atoms with Gasteiger partial charge >= 0.3 is 0 Å². The second kappa shape index (κ2) is 9.93. The summed E-state index contributed by atoms with van der Waals surface area (Å²) in [7, 11) is 0. The van der Waals surface area contributed by atoms with Crippen LogP contribution in [0.2, 0.25) is 5.02 Å². The molecule has 28 heavy (non-hydrogen) atoms. The van der Waals surface area contributed by atoms with E-state index in [0.717, 1.165) is 22.6 Å². The second-order valence-corrected chi connectivity index (χ2v) is 7.01. The van der Waals surface area contributed by atoms with E-state index in [1.165, 1.54) is 5.56 Å². The molecule has 0 heterocycles. The van der Waals surface area contributed by atoms with E-state index in [2.05, 4.69) is 41.8 Å². The van der Waals surface area contributed by atoms with E-state index in [4.69, 9.17) is 16.3 Å². The van der Waals surface area contributed by atoms with Crippen molar-refractivity contribution in [2.24, 2.45) is 0 Å². The molecule has 0 unspecified atom stereocenters. The van der Waals surface area contributed by atoms with E-state index in [1.807, 2.05) is 48.5 Å². The molecule has 0 saturated heterocycles. The highest BCUT2D eigenvalue weighted by atomic mass is 35.5. The molecule has 3 aromatic carbocycles. The minimum absolute atomic E-state index is 0.0815. The van der Waals surface area contributed by atoms with Crippen LogP contribution in [0.4, 0.5) is 5.69 Å². The van der Waals surface area contributed by atoms with Crippen LogP contribution in [0.15, 0.2) is 72.8 Å². The highest BCUT2D eigenvalue weighted by Crippen LogP contribution is 2.18. The molecule has 0 aliphatic rings. The van der Waals surface area contributed by atoms with Crippen molar-refractivity contribution in [1.82, 2.24) is 5.32 Å². The first-order valence-corrected chi connectivity index (χ1v) is 9.50. The third-order valence-electron chi connectivity index (χ3n) is 4.19. The maximum absolute atomic E-state index is 12.1. The number of ether oxygens (including phenoxy) is 1. The number of aryl methyl sites for hydroxylation is 1. The molecule has 0 fully saturated rings. The van der Waals surface area contributed by atoms with Gasteiger partial charge < -0.3 is 15.4 Å². The van der Waals surface area contributed by atoms with Gasteiger partial charge in [-0.25, -0.2) is 0 Å². The Kier molecular flexibility index (Phi) is 7.06. The average Bonchev–Trinajstić information content (AvgIpc) is 2.70. The van der Waals surface area contributed by atoms with E-state index < -0.39 is 0 Å². The molecule has 0 aliphatic carbocycles. The smallest absolute Gasteiger partial charge is 0.238 e. The minimum Gasteiger partial charge on any atom is -0.489 e. The lowest BCUT2D eigenvalue weighted by atomic mass is 10.1. The summed E-state index contributed by atoms with van der Waals surface area (Å²) in [6.45, 7) is 3.43. The SMILES string of the molecule is Cc1ccc(CNCC(=O)Nc2ccc(OCc3ccc(Cl)cc3)cc2)cc1. The highest BCUT2D eigenvalue weighted by molar-refractivity contribution is 6.30. The summed E-state index contributed by atoms with van der Waals surface area (Å²) in [6.07, 6.45) is 0. The molecular formula is C23H23ClN2O2. The predicted molar refractivity (Wildman–Crippen MR) is 114 cm³/mol. The van der Waals surface area contributed by atoms with Gasteiger partial charge in [0.05, 0.1) is 6.54 Å². The van der Waals surface area contributed by atoms with Crippen LogP contribution in [0.3, 0.4) is 0 Å². The Labute approximate surface area is 170 Å². The zero-order chi connectivity index (χ0) is 19.8. The van der Waals surface area contributed by atoms with Gasteiger partial charge in [-0.1, -0.05) is 53.6 Å². The van der Waals surface area contributed by atoms with Gasteiger partial charge in [0.2, 0.25) is 5.91 Å². The van der Waals surface area contributed by atoms with Crippen LogP contribution in [0.5, 0.6) is 5.75 Å². The summed E-state index contributed by atoms with van der Waals surface area (Å²) in [4.78, 5) is 12.1. The molecule has 5 heteroatoms. The van der Waals surface area contributed by atoms with Crippen LogP contribution < -0.4 is 15.4 Å². The molecule has 0 saturated carbocycles. The maximum Gasteiger partial charge on any atom is 0.238 e. The van der Waals surface area contributed by atoms with Crippen molar-refractivity contribution >= 4 is 23.2 Å². The summed E-state index contributed by atoms with van der Waals surface area (Å²) in [5, 5.41) is 6.73. The molecule has 4 nitrogen and oxygen atoms in total. The van der Waals surface area contributed by atoms with Crippen molar-refractivity contribution < 1.29 is 9.53 Å². The molecule has 0 bridgehead atoms. The largest absolute Gasteiger partial charge is 0.489 e. The van der Waals surface area contributed by atoms with Gasteiger partial charge in [0.15, 0.2) is 0 Å². The van der Waals surface area contributed by atoms with Crippen molar-refractivity contribution in [2.75, 3.05) is 11.9 Å². The van der Waals surface area contributed by atoms with Gasteiger partial charge in [-0.05, 0) is 54.4 Å². The van der Waals surface area contributed by atoms with Gasteiger partial charge in [-0.3, -0.25) is 4.79 Å². The van der Waals surface area contributed by atoms with Crippen LogP contribution >= 0.6 is 11.6 Å². The highest BCUT2D eigenvalue weighted by Gasteiger charge is 2.03. The summed E-state index contributed by atoms with van der Waals surface area (Å²) in [5.74, 6) is 0.660. The third kappa shape index (κ3) is 6.41. The topological polar surface area (TPSA) is 50.4 Å². The lowest BCUT2D eigenvalue weighted by Crippen LogP contribution is -2.27. The van der Waals surface area contributed by atoms with E-state index in [9.17, 15) is 4.79 Å². The monoisotopic (exact) mass is 394 g/mol. The number of hydrogen-bond donors (Lipinski definition) is 2. The van der Waals surface area contributed by atoms with Crippen molar-refractivity contribution in [3.05, 3.63) is 94.5 Å². The fourth-order valence-electron chi connectivity index (χ4n) is 2.61. The summed E-state index contributed by atoms with van der Waals surface area (Å²) in [6, 6.07) is 23.1. The molecule has 3 rings (SSSR count). The molecule has 2 N–H and O–H groups in total. The Bertz CT molecular complexity index is 891. The van der Waals surface area contributed by atoms with Gasteiger partial charge in [0.25, 0.3) is 0 Å². The third-order valence-corrected chi connectivity index (χ3v) is 4.44. The van der Waals surface area contributed by atoms with E-state index in [1.54, 1.807) is 0 Å². The van der Waals surface area contributed by atoms with Gasteiger partial charge in [0.1, 0.15) is 12.4 Å². The molecule has 0 aromatic heterocycles. The van der Waals surface area contributed by atoms with Gasteiger partial charge in [-0.2, -0.15) is 0 Å². The van der Waals surface area contributed by atoms with Crippen LogP contribution in [0.25, 0.3) is 0 Å². The normalized spacial score (nSPS) is 10.5. The number of anilines is 1. The zero-order valence-corrected chi connectivity index (χ0v) is 16.5. The first kappa shape index (κ1) is 19.9. The number of benzene rings is 3. The number of rotatable bonds is 8. The summed E-state index contributed by atoms with van der Waals surface area (Å²) >= 11 is 5.88. The molecule has 3 aromatic rings. The van der Waals surface area contributed by atoms with Crippen molar-refractivity contribution in [3.63, 3.8) is 0 Å². The number of carbonyl (C=O) groups excluding carboxylic acids is 1. The van der Waals surface area contributed by atoms with Crippen LogP contribution in [-0.4, -0.2) is 12.5 Å². The quantitative estimate of drug-likeness (QED) is 0.568. The van der Waals surface area contributed by atoms with Crippen LogP contribution in [0, 0.1) is 6.92 Å². The average molecular weight is 395 g/mol. The summed E-state index contributed by atoms with van der Waals surface area (Å²) < 4.78 is 5.75. The molecular weight excluding hydrogens is 372 g/mol. The Hall–Kier alpha value is -2.82. The lowest BCUT2D eigenvalue weighted by molar-refractivity contribution is -0.115. The Morgan fingerprint density at radius 2 is 1.54 bits per heavy atom. The Morgan fingerprint density at radius 3 is 2.21 bits per heavy atom. The van der Waals surface area contributed by atoms with Crippen molar-refractivity contribution in [3.8, 4) is 5.75 Å². The number of nitrogens with one attached hydrogen (secondary N) is 2. The van der Waals surface area contributed by atoms with Gasteiger partial charge in [-0.15, -0.1) is 0 Å². The second-order valence-electron chi connectivity index (χ2n) is 6.58.